The lowest BCUT2D eigenvalue weighted by molar-refractivity contribution is 0.145. The van der Waals surface area contributed by atoms with Crippen molar-refractivity contribution < 1.29 is 14.2 Å². The number of nitrogens with one attached hydrogen (secondary N) is 2. The molecule has 0 unspecified atom stereocenters. The van der Waals surface area contributed by atoms with Gasteiger partial charge in [0, 0.05) is 25.8 Å². The first-order valence-corrected chi connectivity index (χ1v) is 9.52. The molecule has 0 aromatic heterocycles. The standard InChI is InChI=1S/C22H31N3O3.HI/c1-5-23-22(24-15-18-7-10-20(27-4)11-8-18)25-16-19-9-6-17(2)14-21(19)28-13-12-26-3;/h6-11,14H,5,12-13,15-16H2,1-4H3,(H2,23,24,25);1H. The maximum absolute atomic E-state index is 5.86. The van der Waals surface area contributed by atoms with Gasteiger partial charge >= 0.3 is 0 Å². The Balaban J connectivity index is 0.00000420. The number of ether oxygens (including phenoxy) is 3. The Kier molecular flexibility index (Phi) is 12.1. The van der Waals surface area contributed by atoms with Crippen molar-refractivity contribution in [3.8, 4) is 11.5 Å². The third-order valence-corrected chi connectivity index (χ3v) is 4.14. The summed E-state index contributed by atoms with van der Waals surface area (Å²) in [5, 5.41) is 6.67. The second-order valence-electron chi connectivity index (χ2n) is 6.35. The van der Waals surface area contributed by atoms with Crippen LogP contribution >= 0.6 is 24.0 Å². The van der Waals surface area contributed by atoms with E-state index in [2.05, 4.69) is 41.6 Å². The van der Waals surface area contributed by atoms with Crippen molar-refractivity contribution >= 4 is 29.9 Å². The Bertz CT molecular complexity index is 751. The minimum absolute atomic E-state index is 0. The van der Waals surface area contributed by atoms with Crippen LogP contribution in [-0.2, 0) is 17.8 Å². The summed E-state index contributed by atoms with van der Waals surface area (Å²) >= 11 is 0. The molecule has 0 spiro atoms. The van der Waals surface area contributed by atoms with Crippen molar-refractivity contribution in [1.29, 1.82) is 0 Å². The number of halogens is 1. The molecule has 2 aromatic carbocycles. The summed E-state index contributed by atoms with van der Waals surface area (Å²) in [4.78, 5) is 4.67. The number of hydrogen-bond acceptors (Lipinski definition) is 4. The number of methoxy groups -OCH3 is 2. The Morgan fingerprint density at radius 1 is 1.00 bits per heavy atom. The molecule has 6 nitrogen and oxygen atoms in total. The van der Waals surface area contributed by atoms with Crippen molar-refractivity contribution in [3.05, 3.63) is 59.2 Å². The smallest absolute Gasteiger partial charge is 0.191 e. The number of benzene rings is 2. The van der Waals surface area contributed by atoms with Gasteiger partial charge in [-0.05, 0) is 43.2 Å². The van der Waals surface area contributed by atoms with E-state index in [1.807, 2.05) is 30.3 Å². The number of hydrogen-bond donors (Lipinski definition) is 2. The van der Waals surface area contributed by atoms with Gasteiger partial charge in [-0.2, -0.15) is 0 Å². The van der Waals surface area contributed by atoms with E-state index in [0.29, 0.717) is 26.3 Å². The lowest BCUT2D eigenvalue weighted by Gasteiger charge is -2.15. The minimum Gasteiger partial charge on any atom is -0.497 e. The van der Waals surface area contributed by atoms with Gasteiger partial charge in [-0.1, -0.05) is 24.3 Å². The summed E-state index contributed by atoms with van der Waals surface area (Å²) in [6.45, 7) is 7.20. The number of nitrogens with zero attached hydrogens (tertiary/aromatic N) is 1. The van der Waals surface area contributed by atoms with Crippen LogP contribution in [-0.4, -0.2) is 39.9 Å². The highest BCUT2D eigenvalue weighted by Gasteiger charge is 2.06. The minimum atomic E-state index is 0. The molecule has 0 saturated carbocycles. The molecular weight excluding hydrogens is 481 g/mol. The van der Waals surface area contributed by atoms with Crippen molar-refractivity contribution in [2.45, 2.75) is 26.9 Å². The molecule has 0 saturated heterocycles. The van der Waals surface area contributed by atoms with Crippen LogP contribution in [0, 0.1) is 6.92 Å². The summed E-state index contributed by atoms with van der Waals surface area (Å²) in [7, 11) is 3.34. The molecule has 160 valence electrons. The third-order valence-electron chi connectivity index (χ3n) is 4.14. The number of guanidine groups is 1. The zero-order valence-electron chi connectivity index (χ0n) is 17.7. The van der Waals surface area contributed by atoms with Gasteiger partial charge in [-0.3, -0.25) is 0 Å². The fourth-order valence-corrected chi connectivity index (χ4v) is 2.60. The maximum atomic E-state index is 5.86. The molecule has 7 heteroatoms. The molecule has 29 heavy (non-hydrogen) atoms. The van der Waals surface area contributed by atoms with Gasteiger partial charge in [-0.15, -0.1) is 24.0 Å². The van der Waals surface area contributed by atoms with Crippen LogP contribution in [0.4, 0.5) is 0 Å². The first-order valence-electron chi connectivity index (χ1n) is 9.52. The quantitative estimate of drug-likeness (QED) is 0.219. The molecule has 0 bridgehead atoms. The van der Waals surface area contributed by atoms with Gasteiger partial charge in [0.15, 0.2) is 5.96 Å². The van der Waals surface area contributed by atoms with Crippen LogP contribution in [0.1, 0.15) is 23.6 Å². The topological polar surface area (TPSA) is 64.1 Å². The first-order chi connectivity index (χ1) is 13.7. The lowest BCUT2D eigenvalue weighted by atomic mass is 10.1. The van der Waals surface area contributed by atoms with E-state index in [0.717, 1.165) is 40.7 Å². The Morgan fingerprint density at radius 2 is 1.76 bits per heavy atom. The molecule has 0 aliphatic rings. The van der Waals surface area contributed by atoms with E-state index in [-0.39, 0.29) is 24.0 Å². The van der Waals surface area contributed by atoms with Crippen LogP contribution in [0.3, 0.4) is 0 Å². The summed E-state index contributed by atoms with van der Waals surface area (Å²) in [5.41, 5.74) is 3.37. The second-order valence-corrected chi connectivity index (χ2v) is 6.35. The van der Waals surface area contributed by atoms with E-state index in [9.17, 15) is 0 Å². The van der Waals surface area contributed by atoms with Crippen molar-refractivity contribution in [2.24, 2.45) is 4.99 Å². The molecule has 2 rings (SSSR count). The van der Waals surface area contributed by atoms with Crippen LogP contribution in [0.25, 0.3) is 0 Å². The van der Waals surface area contributed by atoms with Gasteiger partial charge in [0.1, 0.15) is 18.1 Å². The van der Waals surface area contributed by atoms with Gasteiger partial charge in [0.25, 0.3) is 0 Å². The monoisotopic (exact) mass is 513 g/mol. The van der Waals surface area contributed by atoms with Crippen LogP contribution in [0.15, 0.2) is 47.5 Å². The first kappa shape index (κ1) is 25.0. The molecule has 2 aromatic rings. The molecule has 0 aliphatic carbocycles. The molecular formula is C22H32IN3O3. The Hall–Kier alpha value is -2.00. The maximum Gasteiger partial charge on any atom is 0.191 e. The van der Waals surface area contributed by atoms with Gasteiger partial charge in [0.05, 0.1) is 20.3 Å². The molecule has 2 N–H and O–H groups in total. The Labute approximate surface area is 191 Å². The summed E-state index contributed by atoms with van der Waals surface area (Å²) in [5.74, 6) is 2.48. The largest absolute Gasteiger partial charge is 0.497 e. The average Bonchev–Trinajstić information content (AvgIpc) is 2.71. The molecule has 0 heterocycles. The normalized spacial score (nSPS) is 10.8. The molecule has 0 aliphatic heterocycles. The van der Waals surface area contributed by atoms with Gasteiger partial charge < -0.3 is 24.8 Å². The lowest BCUT2D eigenvalue weighted by Crippen LogP contribution is -2.36. The van der Waals surface area contributed by atoms with Crippen LogP contribution in [0.5, 0.6) is 11.5 Å². The Morgan fingerprint density at radius 3 is 2.41 bits per heavy atom. The van der Waals surface area contributed by atoms with Crippen LogP contribution < -0.4 is 20.1 Å². The van der Waals surface area contributed by atoms with E-state index in [4.69, 9.17) is 14.2 Å². The predicted molar refractivity (Wildman–Crippen MR) is 129 cm³/mol. The highest BCUT2D eigenvalue weighted by molar-refractivity contribution is 14.0. The summed E-state index contributed by atoms with van der Waals surface area (Å²) < 4.78 is 16.1. The van der Waals surface area contributed by atoms with Crippen molar-refractivity contribution in [1.82, 2.24) is 10.6 Å². The molecule has 0 amide bonds. The fourth-order valence-electron chi connectivity index (χ4n) is 2.60. The SMILES string of the molecule is CCNC(=NCc1ccc(OC)cc1)NCc1ccc(C)cc1OCCOC.I. The summed E-state index contributed by atoms with van der Waals surface area (Å²) in [6.07, 6.45) is 0. The fraction of sp³-hybridized carbons (Fsp3) is 0.409. The van der Waals surface area contributed by atoms with E-state index in [1.165, 1.54) is 0 Å². The molecule has 0 atom stereocenters. The zero-order valence-corrected chi connectivity index (χ0v) is 20.0. The number of rotatable bonds is 10. The average molecular weight is 513 g/mol. The third kappa shape index (κ3) is 8.91. The highest BCUT2D eigenvalue weighted by atomic mass is 127. The van der Waals surface area contributed by atoms with E-state index >= 15 is 0 Å². The number of aliphatic imine (C=N–C) groups is 1. The van der Waals surface area contributed by atoms with Crippen LogP contribution in [0.2, 0.25) is 0 Å². The van der Waals surface area contributed by atoms with E-state index < -0.39 is 0 Å². The van der Waals surface area contributed by atoms with Gasteiger partial charge in [0.2, 0.25) is 0 Å². The zero-order chi connectivity index (χ0) is 20.2. The van der Waals surface area contributed by atoms with E-state index in [1.54, 1.807) is 14.2 Å². The number of aryl methyl sites for hydroxylation is 1. The van der Waals surface area contributed by atoms with Gasteiger partial charge in [-0.25, -0.2) is 4.99 Å². The molecule has 0 fully saturated rings. The predicted octanol–water partition coefficient (Wildman–Crippen LogP) is 3.90. The van der Waals surface area contributed by atoms with Crippen molar-refractivity contribution in [3.63, 3.8) is 0 Å². The highest BCUT2D eigenvalue weighted by Crippen LogP contribution is 2.20. The summed E-state index contributed by atoms with van der Waals surface area (Å²) in [6, 6.07) is 14.1. The second kappa shape index (κ2) is 14.1. The van der Waals surface area contributed by atoms with Crippen molar-refractivity contribution in [2.75, 3.05) is 34.0 Å². The molecule has 0 radical (unpaired) electrons.